The number of likely N-dealkylation sites (tertiary alicyclic amines) is 2. The molecule has 12 rings (SSSR count). The number of para-hydroxylation sites is 1. The lowest BCUT2D eigenvalue weighted by Crippen LogP contribution is -2.39. The Bertz CT molecular complexity index is 3060. The van der Waals surface area contributed by atoms with Crippen molar-refractivity contribution in [2.24, 2.45) is 0 Å². The summed E-state index contributed by atoms with van der Waals surface area (Å²) in [6.07, 6.45) is 18.8. The van der Waals surface area contributed by atoms with E-state index in [9.17, 15) is 4.39 Å². The van der Waals surface area contributed by atoms with Crippen molar-refractivity contribution in [3.05, 3.63) is 106 Å². The summed E-state index contributed by atoms with van der Waals surface area (Å²) in [5.41, 5.74) is 12.0. The Balaban J connectivity index is 0.673. The molecule has 14 heteroatoms. The molecule has 0 spiro atoms. The van der Waals surface area contributed by atoms with Gasteiger partial charge in [0.1, 0.15) is 11.6 Å². The van der Waals surface area contributed by atoms with Gasteiger partial charge in [-0.2, -0.15) is 0 Å². The number of fused-ring (bicyclic) bond motifs is 4. The first-order valence-electron chi connectivity index (χ1n) is 29.7. The van der Waals surface area contributed by atoms with Crippen LogP contribution in [0.25, 0.3) is 21.8 Å². The van der Waals surface area contributed by atoms with Crippen molar-refractivity contribution < 1.29 is 27.7 Å². The predicted molar refractivity (Wildman–Crippen MR) is 310 cm³/mol. The van der Waals surface area contributed by atoms with Crippen molar-refractivity contribution in [3.63, 3.8) is 0 Å². The van der Waals surface area contributed by atoms with E-state index in [2.05, 4.69) is 60.6 Å². The topological polar surface area (TPSA) is 99.7 Å². The minimum atomic E-state index is -0.168. The zero-order valence-electron chi connectivity index (χ0n) is 46.2. The molecule has 2 aromatic heterocycles. The lowest BCUT2D eigenvalue weighted by molar-refractivity contribution is 0.219. The lowest BCUT2D eigenvalue weighted by atomic mass is 9.98. The molecule has 1 atom stereocenters. The second kappa shape index (κ2) is 24.1. The number of hydrogen-bond acceptors (Lipinski definition) is 12. The third-order valence-corrected chi connectivity index (χ3v) is 17.9. The number of rotatable bonds is 19. The lowest BCUT2D eigenvalue weighted by Gasteiger charge is -2.35. The van der Waals surface area contributed by atoms with E-state index in [0.29, 0.717) is 30.4 Å². The Morgan fingerprint density at radius 1 is 0.551 bits per heavy atom. The number of nitrogens with one attached hydrogen (secondary N) is 2. The van der Waals surface area contributed by atoms with E-state index in [1.54, 1.807) is 38.5 Å². The van der Waals surface area contributed by atoms with Crippen LogP contribution < -0.4 is 39.4 Å². The number of ether oxygens (including phenoxy) is 4. The molecule has 414 valence electrons. The molecule has 6 aliphatic rings. The van der Waals surface area contributed by atoms with Gasteiger partial charge in [0.05, 0.1) is 44.2 Å². The highest BCUT2D eigenvalue weighted by molar-refractivity contribution is 5.97. The van der Waals surface area contributed by atoms with E-state index >= 15 is 4.39 Å². The summed E-state index contributed by atoms with van der Waals surface area (Å²) in [7, 11) is 3.44. The number of benzene rings is 4. The van der Waals surface area contributed by atoms with Crippen molar-refractivity contribution >= 4 is 44.6 Å². The van der Waals surface area contributed by atoms with Gasteiger partial charge in [-0.05, 0) is 188 Å². The number of halogens is 2. The highest BCUT2D eigenvalue weighted by Crippen LogP contribution is 2.43. The third kappa shape index (κ3) is 11.5. The summed E-state index contributed by atoms with van der Waals surface area (Å²) in [6, 6.07) is 22.0. The van der Waals surface area contributed by atoms with Crippen LogP contribution in [0.15, 0.2) is 66.7 Å². The monoisotopic (exact) mass is 1060 g/mol. The average Bonchev–Trinajstić information content (AvgIpc) is 4.36. The number of pyridine rings is 2. The molecule has 4 fully saturated rings. The Hall–Kier alpha value is -6.12. The van der Waals surface area contributed by atoms with Gasteiger partial charge in [0.15, 0.2) is 23.0 Å². The zero-order chi connectivity index (χ0) is 53.0. The van der Waals surface area contributed by atoms with Crippen molar-refractivity contribution in [2.45, 2.75) is 134 Å². The molecule has 0 amide bonds. The van der Waals surface area contributed by atoms with Crippen LogP contribution in [0.5, 0.6) is 23.0 Å². The van der Waals surface area contributed by atoms with E-state index in [-0.39, 0.29) is 29.8 Å². The second-order valence-corrected chi connectivity index (χ2v) is 22.9. The summed E-state index contributed by atoms with van der Waals surface area (Å²) >= 11 is 0. The smallest absolute Gasteiger partial charge is 0.163 e. The standard InChI is InChI=1S/C64H80F2N8O4/c1-75-59-40-51-56(42-61(59)77-34-12-27-71-25-8-9-26-71)70-54-18-10-15-49(54)64(51)67-45-21-30-72(31-22-45)47-37-43(36-44(65)38-47)57-20-11-28-73(57)29-13-35-78-62-41-55-50(39-60(62)76-2)63(48-14-4-3-5-17-53(48)69-55)68-46-23-32-74(33-24-46)58-19-7-6-16-52(58)66/h6-7,16,19,36-42,45-46,57H,3-5,8-15,17-18,20-35H2,1-2H3,(H,67,70)(H,68,69). The van der Waals surface area contributed by atoms with Crippen molar-refractivity contribution in [1.82, 2.24) is 19.8 Å². The Labute approximate surface area is 460 Å². The first kappa shape index (κ1) is 52.6. The van der Waals surface area contributed by atoms with Crippen LogP contribution >= 0.6 is 0 Å². The van der Waals surface area contributed by atoms with Gasteiger partial charge in [-0.1, -0.05) is 18.6 Å². The zero-order valence-corrected chi connectivity index (χ0v) is 46.2. The first-order valence-corrected chi connectivity index (χ1v) is 29.7. The molecule has 4 aromatic carbocycles. The molecule has 6 aromatic rings. The van der Waals surface area contributed by atoms with E-state index in [4.69, 9.17) is 28.9 Å². The minimum Gasteiger partial charge on any atom is -0.493 e. The number of hydrogen-bond donors (Lipinski definition) is 2. The number of nitrogens with zero attached hydrogens (tertiary/aromatic N) is 6. The van der Waals surface area contributed by atoms with Crippen molar-refractivity contribution in [3.8, 4) is 23.0 Å². The van der Waals surface area contributed by atoms with E-state index < -0.39 is 0 Å². The minimum absolute atomic E-state index is 0.158. The van der Waals surface area contributed by atoms with Gasteiger partial charge in [0, 0.05) is 109 Å². The van der Waals surface area contributed by atoms with Crippen LogP contribution in [0.4, 0.5) is 31.5 Å². The summed E-state index contributed by atoms with van der Waals surface area (Å²) < 4.78 is 55.3. The molecule has 12 nitrogen and oxygen atoms in total. The van der Waals surface area contributed by atoms with Gasteiger partial charge in [-0.15, -0.1) is 0 Å². The maximum absolute atomic E-state index is 15.7. The Morgan fingerprint density at radius 2 is 1.14 bits per heavy atom. The van der Waals surface area contributed by atoms with Gasteiger partial charge in [-0.25, -0.2) is 8.78 Å². The summed E-state index contributed by atoms with van der Waals surface area (Å²) in [6.45, 7) is 9.77. The molecule has 78 heavy (non-hydrogen) atoms. The molecule has 6 heterocycles. The van der Waals surface area contributed by atoms with Gasteiger partial charge in [0.25, 0.3) is 0 Å². The summed E-state index contributed by atoms with van der Waals surface area (Å²) in [5.74, 6) is 2.60. The largest absolute Gasteiger partial charge is 0.493 e. The molecule has 0 saturated carbocycles. The fourth-order valence-electron chi connectivity index (χ4n) is 13.8. The quantitative estimate of drug-likeness (QED) is 0.0597. The molecule has 2 N–H and O–H groups in total. The van der Waals surface area contributed by atoms with Crippen molar-refractivity contribution in [1.29, 1.82) is 0 Å². The van der Waals surface area contributed by atoms with Crippen LogP contribution in [-0.2, 0) is 25.7 Å². The normalized spacial score (nSPS) is 19.6. The van der Waals surface area contributed by atoms with Crippen LogP contribution in [0.1, 0.15) is 124 Å². The Kier molecular flexibility index (Phi) is 16.2. The summed E-state index contributed by atoms with van der Waals surface area (Å²) in [5, 5.41) is 10.2. The fourth-order valence-corrected chi connectivity index (χ4v) is 13.8. The maximum atomic E-state index is 15.7. The number of anilines is 4. The number of aryl methyl sites for hydroxylation is 2. The van der Waals surface area contributed by atoms with E-state index in [1.807, 2.05) is 12.1 Å². The van der Waals surface area contributed by atoms with Crippen LogP contribution in [0.3, 0.4) is 0 Å². The third-order valence-electron chi connectivity index (χ3n) is 17.9. The van der Waals surface area contributed by atoms with Gasteiger partial charge < -0.3 is 44.3 Å². The van der Waals surface area contributed by atoms with Gasteiger partial charge in [-0.3, -0.25) is 14.9 Å². The molecule has 1 unspecified atom stereocenters. The van der Waals surface area contributed by atoms with E-state index in [0.717, 1.165) is 187 Å². The molecular formula is C64H80F2N8O4. The highest BCUT2D eigenvalue weighted by atomic mass is 19.1. The molecule has 4 aliphatic heterocycles. The summed E-state index contributed by atoms with van der Waals surface area (Å²) in [4.78, 5) is 20.1. The van der Waals surface area contributed by atoms with Crippen molar-refractivity contribution in [2.75, 3.05) is 107 Å². The van der Waals surface area contributed by atoms with Crippen LogP contribution in [0.2, 0.25) is 0 Å². The maximum Gasteiger partial charge on any atom is 0.163 e. The SMILES string of the molecule is COc1cc2c(NC3CCN(c4cc(F)cc(C5CCCN5CCCOc5cc6nc7c(c(NC8CCN(c9ccccc9F)CC8)c6cc5OC)CCCCC7)c4)CC3)c3c(nc2cc1OCCCN1CCCC1)CCC3. The van der Waals surface area contributed by atoms with E-state index in [1.165, 1.54) is 66.2 Å². The Morgan fingerprint density at radius 3 is 1.78 bits per heavy atom. The number of piperidine rings is 2. The average molecular weight is 1060 g/mol. The second-order valence-electron chi connectivity index (χ2n) is 22.9. The predicted octanol–water partition coefficient (Wildman–Crippen LogP) is 12.5. The molecule has 0 bridgehead atoms. The molecule has 2 aliphatic carbocycles. The van der Waals surface area contributed by atoms with Crippen LogP contribution in [0, 0.1) is 11.6 Å². The van der Waals surface area contributed by atoms with Crippen LogP contribution in [-0.4, -0.2) is 118 Å². The molecular weight excluding hydrogens is 983 g/mol. The number of methoxy groups -OCH3 is 2. The number of aromatic nitrogens is 2. The fraction of sp³-hybridized carbons (Fsp3) is 0.531. The van der Waals surface area contributed by atoms with Gasteiger partial charge in [0.2, 0.25) is 0 Å². The molecule has 0 radical (unpaired) electrons. The van der Waals surface area contributed by atoms with Gasteiger partial charge >= 0.3 is 0 Å². The highest BCUT2D eigenvalue weighted by Gasteiger charge is 2.31. The first-order chi connectivity index (χ1) is 38.3. The molecule has 4 saturated heterocycles.